The predicted octanol–water partition coefficient (Wildman–Crippen LogP) is 3.36. The topological polar surface area (TPSA) is 70.2 Å². The Morgan fingerprint density at radius 1 is 1.00 bits per heavy atom. The van der Waals surface area contributed by atoms with Crippen LogP contribution >= 0.6 is 0 Å². The van der Waals surface area contributed by atoms with E-state index in [1.165, 1.54) is 16.5 Å². The lowest BCUT2D eigenvalue weighted by Crippen LogP contribution is -2.14. The molecule has 0 atom stereocenters. The van der Waals surface area contributed by atoms with E-state index >= 15 is 0 Å². The standard InChI is InChI=1S/C9H9N.C9H8O3/c1-7-6-10-9-5-3-2-4-8(7)9;10-8(9(11)12)6-7-4-2-1-3-5-7/h2-6,10H,1H3;1-5H,6H2,(H,11,12). The number of carboxylic acids is 1. The van der Waals surface area contributed by atoms with Crippen molar-refractivity contribution in [2.24, 2.45) is 0 Å². The third kappa shape index (κ3) is 4.06. The summed E-state index contributed by atoms with van der Waals surface area (Å²) in [7, 11) is 0. The Hall–Kier alpha value is -2.88. The average Bonchev–Trinajstić information content (AvgIpc) is 2.91. The first-order valence-corrected chi connectivity index (χ1v) is 6.90. The highest BCUT2D eigenvalue weighted by Crippen LogP contribution is 2.15. The number of carbonyl (C=O) groups is 2. The lowest BCUT2D eigenvalue weighted by atomic mass is 10.1. The van der Waals surface area contributed by atoms with Crippen LogP contribution in [0.25, 0.3) is 10.9 Å². The highest BCUT2D eigenvalue weighted by Gasteiger charge is 2.10. The number of aromatic nitrogens is 1. The number of aromatic amines is 1. The number of rotatable bonds is 3. The molecule has 0 fully saturated rings. The quantitative estimate of drug-likeness (QED) is 0.728. The molecule has 4 heteroatoms. The van der Waals surface area contributed by atoms with Gasteiger partial charge < -0.3 is 10.1 Å². The molecule has 1 heterocycles. The minimum atomic E-state index is -1.38. The van der Waals surface area contributed by atoms with E-state index in [9.17, 15) is 9.59 Å². The van der Waals surface area contributed by atoms with Gasteiger partial charge in [-0.25, -0.2) is 4.79 Å². The summed E-state index contributed by atoms with van der Waals surface area (Å²) >= 11 is 0. The number of fused-ring (bicyclic) bond motifs is 1. The summed E-state index contributed by atoms with van der Waals surface area (Å²) in [5.41, 5.74) is 3.26. The van der Waals surface area contributed by atoms with E-state index in [0.29, 0.717) is 0 Å². The summed E-state index contributed by atoms with van der Waals surface area (Å²) in [6, 6.07) is 17.1. The van der Waals surface area contributed by atoms with Gasteiger partial charge in [0.25, 0.3) is 0 Å². The Morgan fingerprint density at radius 3 is 2.27 bits per heavy atom. The number of nitrogens with one attached hydrogen (secondary N) is 1. The second-order valence-corrected chi connectivity index (χ2v) is 4.91. The highest BCUT2D eigenvalue weighted by molar-refractivity contribution is 6.33. The Labute approximate surface area is 128 Å². The fraction of sp³-hybridized carbons (Fsp3) is 0.111. The molecule has 0 amide bonds. The molecular formula is C18H17NO3. The first-order chi connectivity index (χ1) is 10.6. The van der Waals surface area contributed by atoms with E-state index in [-0.39, 0.29) is 6.42 Å². The molecule has 0 spiro atoms. The molecule has 0 bridgehead atoms. The summed E-state index contributed by atoms with van der Waals surface area (Å²) in [6.07, 6.45) is 2.00. The smallest absolute Gasteiger partial charge is 0.372 e. The molecule has 1 aromatic heterocycles. The van der Waals surface area contributed by atoms with Gasteiger partial charge in [-0.3, -0.25) is 4.79 Å². The molecule has 0 aliphatic carbocycles. The zero-order valence-corrected chi connectivity index (χ0v) is 12.2. The number of carboxylic acid groups (broad SMARTS) is 1. The zero-order valence-electron chi connectivity index (χ0n) is 12.2. The Kier molecular flexibility index (Phi) is 5.09. The van der Waals surface area contributed by atoms with Crippen LogP contribution < -0.4 is 0 Å². The number of ketones is 1. The van der Waals surface area contributed by atoms with Gasteiger partial charge >= 0.3 is 5.97 Å². The molecule has 0 saturated heterocycles. The van der Waals surface area contributed by atoms with Crippen molar-refractivity contribution in [3.63, 3.8) is 0 Å². The maximum absolute atomic E-state index is 10.7. The molecule has 0 saturated carbocycles. The zero-order chi connectivity index (χ0) is 15.9. The molecule has 3 aromatic rings. The van der Waals surface area contributed by atoms with Crippen LogP contribution in [-0.2, 0) is 16.0 Å². The lowest BCUT2D eigenvalue weighted by Gasteiger charge is -1.94. The number of para-hydroxylation sites is 1. The minimum Gasteiger partial charge on any atom is -0.475 e. The lowest BCUT2D eigenvalue weighted by molar-refractivity contribution is -0.148. The summed E-state index contributed by atoms with van der Waals surface area (Å²) in [4.78, 5) is 24.1. The summed E-state index contributed by atoms with van der Waals surface area (Å²) in [5, 5.41) is 9.62. The van der Waals surface area contributed by atoms with Crippen molar-refractivity contribution in [1.29, 1.82) is 0 Å². The summed E-state index contributed by atoms with van der Waals surface area (Å²) in [6.45, 7) is 2.11. The van der Waals surface area contributed by atoms with E-state index < -0.39 is 11.8 Å². The largest absolute Gasteiger partial charge is 0.475 e. The minimum absolute atomic E-state index is 0.0316. The van der Waals surface area contributed by atoms with Crippen molar-refractivity contribution in [2.45, 2.75) is 13.3 Å². The number of aryl methyl sites for hydroxylation is 1. The molecule has 112 valence electrons. The normalized spacial score (nSPS) is 9.86. The number of benzene rings is 2. The molecule has 0 radical (unpaired) electrons. The first-order valence-electron chi connectivity index (χ1n) is 6.90. The number of hydrogen-bond acceptors (Lipinski definition) is 2. The SMILES string of the molecule is Cc1c[nH]c2ccccc12.O=C(O)C(=O)Cc1ccccc1. The van der Waals surface area contributed by atoms with Gasteiger partial charge in [-0.05, 0) is 24.1 Å². The van der Waals surface area contributed by atoms with Crippen LogP contribution in [0.3, 0.4) is 0 Å². The van der Waals surface area contributed by atoms with Crippen molar-refractivity contribution in [3.05, 3.63) is 71.9 Å². The highest BCUT2D eigenvalue weighted by atomic mass is 16.4. The van der Waals surface area contributed by atoms with E-state index in [2.05, 4.69) is 30.1 Å². The van der Waals surface area contributed by atoms with Crippen LogP contribution in [0, 0.1) is 6.92 Å². The van der Waals surface area contributed by atoms with Crippen LogP contribution in [0.1, 0.15) is 11.1 Å². The van der Waals surface area contributed by atoms with Crippen LogP contribution in [0.15, 0.2) is 60.8 Å². The van der Waals surface area contributed by atoms with Crippen LogP contribution in [0.4, 0.5) is 0 Å². The Morgan fingerprint density at radius 2 is 1.64 bits per heavy atom. The fourth-order valence-electron chi connectivity index (χ4n) is 2.07. The van der Waals surface area contributed by atoms with E-state index in [0.717, 1.165) is 5.56 Å². The number of aliphatic carboxylic acids is 1. The second kappa shape index (κ2) is 7.22. The molecule has 0 aliphatic heterocycles. The maximum atomic E-state index is 10.7. The molecule has 2 aromatic carbocycles. The Balaban J connectivity index is 0.000000162. The molecular weight excluding hydrogens is 278 g/mol. The number of hydrogen-bond donors (Lipinski definition) is 2. The first kappa shape index (κ1) is 15.5. The van der Waals surface area contributed by atoms with Crippen molar-refractivity contribution in [3.8, 4) is 0 Å². The van der Waals surface area contributed by atoms with Gasteiger partial charge in [0, 0.05) is 23.5 Å². The van der Waals surface area contributed by atoms with Crippen molar-refractivity contribution >= 4 is 22.7 Å². The molecule has 0 unspecified atom stereocenters. The Bertz CT molecular complexity index is 775. The van der Waals surface area contributed by atoms with Crippen molar-refractivity contribution < 1.29 is 14.7 Å². The van der Waals surface area contributed by atoms with E-state index in [4.69, 9.17) is 5.11 Å². The number of Topliss-reactive ketones (excluding diaryl/α,β-unsaturated/α-hetero) is 1. The average molecular weight is 295 g/mol. The predicted molar refractivity (Wildman–Crippen MR) is 85.8 cm³/mol. The molecule has 4 nitrogen and oxygen atoms in total. The van der Waals surface area contributed by atoms with Crippen LogP contribution in [0.5, 0.6) is 0 Å². The number of H-pyrrole nitrogens is 1. The fourth-order valence-corrected chi connectivity index (χ4v) is 2.07. The number of carbonyl (C=O) groups excluding carboxylic acids is 1. The third-order valence-corrected chi connectivity index (χ3v) is 3.24. The van der Waals surface area contributed by atoms with Gasteiger partial charge in [0.15, 0.2) is 0 Å². The third-order valence-electron chi connectivity index (χ3n) is 3.24. The van der Waals surface area contributed by atoms with Gasteiger partial charge in [-0.1, -0.05) is 48.5 Å². The van der Waals surface area contributed by atoms with Gasteiger partial charge in [-0.15, -0.1) is 0 Å². The van der Waals surface area contributed by atoms with Crippen molar-refractivity contribution in [1.82, 2.24) is 4.98 Å². The monoisotopic (exact) mass is 295 g/mol. The van der Waals surface area contributed by atoms with Crippen LogP contribution in [-0.4, -0.2) is 21.8 Å². The van der Waals surface area contributed by atoms with Gasteiger partial charge in [0.05, 0.1) is 0 Å². The maximum Gasteiger partial charge on any atom is 0.372 e. The van der Waals surface area contributed by atoms with Crippen molar-refractivity contribution in [2.75, 3.05) is 0 Å². The second-order valence-electron chi connectivity index (χ2n) is 4.91. The summed E-state index contributed by atoms with van der Waals surface area (Å²) in [5.74, 6) is -2.15. The van der Waals surface area contributed by atoms with Crippen LogP contribution in [0.2, 0.25) is 0 Å². The van der Waals surface area contributed by atoms with E-state index in [1.54, 1.807) is 24.3 Å². The molecule has 0 aliphatic rings. The molecule has 2 N–H and O–H groups in total. The van der Waals surface area contributed by atoms with E-state index in [1.807, 2.05) is 18.3 Å². The molecule has 3 rings (SSSR count). The van der Waals surface area contributed by atoms with Gasteiger partial charge in [-0.2, -0.15) is 0 Å². The van der Waals surface area contributed by atoms with Gasteiger partial charge in [0.2, 0.25) is 5.78 Å². The van der Waals surface area contributed by atoms with Gasteiger partial charge in [0.1, 0.15) is 0 Å². The summed E-state index contributed by atoms with van der Waals surface area (Å²) < 4.78 is 0. The molecule has 22 heavy (non-hydrogen) atoms.